The minimum atomic E-state index is -4.38. The first-order valence-corrected chi connectivity index (χ1v) is 6.32. The van der Waals surface area contributed by atoms with E-state index < -0.39 is 24.0 Å². The Bertz CT molecular complexity index is 461. The molecule has 1 aromatic rings. The summed E-state index contributed by atoms with van der Waals surface area (Å²) < 4.78 is 43.4. The van der Waals surface area contributed by atoms with E-state index in [1.54, 1.807) is 4.90 Å². The Kier molecular flexibility index (Phi) is 4.32. The van der Waals surface area contributed by atoms with E-state index in [-0.39, 0.29) is 13.1 Å². The first kappa shape index (κ1) is 14.8. The Morgan fingerprint density at radius 2 is 1.95 bits per heavy atom. The molecule has 0 spiro atoms. The molecule has 1 aromatic carbocycles. The Morgan fingerprint density at radius 1 is 1.30 bits per heavy atom. The molecule has 3 nitrogen and oxygen atoms in total. The summed E-state index contributed by atoms with van der Waals surface area (Å²) in [5, 5.41) is 0. The zero-order valence-corrected chi connectivity index (χ0v) is 11.1. The van der Waals surface area contributed by atoms with Crippen molar-refractivity contribution in [2.75, 3.05) is 20.2 Å². The van der Waals surface area contributed by atoms with Crippen molar-refractivity contribution in [2.24, 2.45) is 11.8 Å². The molecule has 6 heteroatoms. The van der Waals surface area contributed by atoms with E-state index in [4.69, 9.17) is 0 Å². The van der Waals surface area contributed by atoms with Gasteiger partial charge in [0.15, 0.2) is 0 Å². The van der Waals surface area contributed by atoms with Gasteiger partial charge in [-0.2, -0.15) is 13.2 Å². The van der Waals surface area contributed by atoms with Crippen LogP contribution in [0.5, 0.6) is 0 Å². The topological polar surface area (TPSA) is 29.5 Å². The lowest BCUT2D eigenvalue weighted by Gasteiger charge is -2.19. The lowest BCUT2D eigenvalue weighted by atomic mass is 9.96. The van der Waals surface area contributed by atoms with Crippen LogP contribution in [-0.2, 0) is 16.1 Å². The van der Waals surface area contributed by atoms with Crippen molar-refractivity contribution >= 4 is 5.97 Å². The van der Waals surface area contributed by atoms with Gasteiger partial charge in [0.25, 0.3) is 0 Å². The highest BCUT2D eigenvalue weighted by Crippen LogP contribution is 2.38. The zero-order chi connectivity index (χ0) is 14.8. The van der Waals surface area contributed by atoms with Crippen LogP contribution < -0.4 is 0 Å². The monoisotopic (exact) mass is 287 g/mol. The van der Waals surface area contributed by atoms with Gasteiger partial charge < -0.3 is 4.74 Å². The highest BCUT2D eigenvalue weighted by molar-refractivity contribution is 5.73. The fourth-order valence-corrected chi connectivity index (χ4v) is 2.58. The smallest absolute Gasteiger partial charge is 0.393 e. The van der Waals surface area contributed by atoms with Gasteiger partial charge in [-0.15, -0.1) is 0 Å². The molecule has 1 heterocycles. The van der Waals surface area contributed by atoms with E-state index in [9.17, 15) is 18.0 Å². The van der Waals surface area contributed by atoms with Crippen LogP contribution in [0.1, 0.15) is 5.56 Å². The van der Waals surface area contributed by atoms with Crippen LogP contribution in [0.25, 0.3) is 0 Å². The Morgan fingerprint density at radius 3 is 2.50 bits per heavy atom. The number of nitrogens with zero attached hydrogens (tertiary/aromatic N) is 1. The molecule has 0 saturated carbocycles. The van der Waals surface area contributed by atoms with Gasteiger partial charge in [-0.3, -0.25) is 9.69 Å². The molecule has 1 saturated heterocycles. The van der Waals surface area contributed by atoms with Crippen molar-refractivity contribution in [3.05, 3.63) is 35.9 Å². The maximum Gasteiger partial charge on any atom is 0.393 e. The molecule has 0 radical (unpaired) electrons. The van der Waals surface area contributed by atoms with E-state index >= 15 is 0 Å². The average molecular weight is 287 g/mol. The Balaban J connectivity index is 2.09. The number of esters is 1. The molecule has 2 unspecified atom stereocenters. The second-order valence-electron chi connectivity index (χ2n) is 4.96. The zero-order valence-electron chi connectivity index (χ0n) is 11.1. The van der Waals surface area contributed by atoms with Crippen molar-refractivity contribution < 1.29 is 22.7 Å². The van der Waals surface area contributed by atoms with Gasteiger partial charge >= 0.3 is 12.1 Å². The largest absolute Gasteiger partial charge is 0.469 e. The standard InChI is InChI=1S/C14H16F3NO2/c1-20-13(19)11-8-18(9-12(11)14(15,16)17)7-10-5-3-2-4-6-10/h2-6,11-12H,7-9H2,1H3. The highest BCUT2D eigenvalue weighted by Gasteiger charge is 2.52. The van der Waals surface area contributed by atoms with E-state index in [0.29, 0.717) is 6.54 Å². The lowest BCUT2D eigenvalue weighted by Crippen LogP contribution is -2.34. The number of methoxy groups -OCH3 is 1. The van der Waals surface area contributed by atoms with Gasteiger partial charge in [-0.1, -0.05) is 30.3 Å². The SMILES string of the molecule is COC(=O)C1CN(Cc2ccccc2)CC1C(F)(F)F. The van der Waals surface area contributed by atoms with Crippen LogP contribution >= 0.6 is 0 Å². The van der Waals surface area contributed by atoms with Crippen LogP contribution in [0.3, 0.4) is 0 Å². The molecule has 0 amide bonds. The Hall–Kier alpha value is -1.56. The van der Waals surface area contributed by atoms with Crippen LogP contribution in [0, 0.1) is 11.8 Å². The van der Waals surface area contributed by atoms with Gasteiger partial charge in [0.05, 0.1) is 18.9 Å². The van der Waals surface area contributed by atoms with Gasteiger partial charge in [0.2, 0.25) is 0 Å². The van der Waals surface area contributed by atoms with Gasteiger partial charge in [0.1, 0.15) is 0 Å². The van der Waals surface area contributed by atoms with Crippen molar-refractivity contribution in [2.45, 2.75) is 12.7 Å². The number of rotatable bonds is 3. The third kappa shape index (κ3) is 3.30. The van der Waals surface area contributed by atoms with E-state index in [2.05, 4.69) is 4.74 Å². The molecule has 0 N–H and O–H groups in total. The summed E-state index contributed by atoms with van der Waals surface area (Å²) in [6, 6.07) is 9.24. The number of hydrogen-bond acceptors (Lipinski definition) is 3. The number of benzene rings is 1. The fourth-order valence-electron chi connectivity index (χ4n) is 2.58. The summed E-state index contributed by atoms with van der Waals surface area (Å²) in [4.78, 5) is 13.2. The molecule has 0 bridgehead atoms. The van der Waals surface area contributed by atoms with E-state index in [1.807, 2.05) is 30.3 Å². The van der Waals surface area contributed by atoms with Crippen LogP contribution in [-0.4, -0.2) is 37.2 Å². The molecule has 0 aromatic heterocycles. The normalized spacial score (nSPS) is 23.8. The summed E-state index contributed by atoms with van der Waals surface area (Å²) in [7, 11) is 1.12. The van der Waals surface area contributed by atoms with Crippen LogP contribution in [0.4, 0.5) is 13.2 Å². The molecule has 1 aliphatic rings. The molecule has 1 fully saturated rings. The Labute approximate surface area is 115 Å². The number of alkyl halides is 3. The summed E-state index contributed by atoms with van der Waals surface area (Å²) >= 11 is 0. The number of likely N-dealkylation sites (tertiary alicyclic amines) is 1. The molecule has 20 heavy (non-hydrogen) atoms. The maximum absolute atomic E-state index is 13.0. The summed E-state index contributed by atoms with van der Waals surface area (Å²) in [6.07, 6.45) is -4.38. The predicted molar refractivity (Wildman–Crippen MR) is 66.8 cm³/mol. The third-order valence-electron chi connectivity index (χ3n) is 3.57. The van der Waals surface area contributed by atoms with Gasteiger partial charge in [0, 0.05) is 19.6 Å². The number of hydrogen-bond donors (Lipinski definition) is 0. The molecule has 110 valence electrons. The minimum absolute atomic E-state index is 0.0751. The fraction of sp³-hybridized carbons (Fsp3) is 0.500. The summed E-state index contributed by atoms with van der Waals surface area (Å²) in [5.74, 6) is -3.58. The van der Waals surface area contributed by atoms with Crippen LogP contribution in [0.15, 0.2) is 30.3 Å². The quantitative estimate of drug-likeness (QED) is 0.800. The molecule has 2 rings (SSSR count). The highest BCUT2D eigenvalue weighted by atomic mass is 19.4. The average Bonchev–Trinajstić information content (AvgIpc) is 2.83. The second kappa shape index (κ2) is 5.83. The van der Waals surface area contributed by atoms with Gasteiger partial charge in [-0.05, 0) is 5.56 Å². The van der Waals surface area contributed by atoms with Gasteiger partial charge in [-0.25, -0.2) is 0 Å². The predicted octanol–water partition coefficient (Wildman–Crippen LogP) is 2.47. The second-order valence-corrected chi connectivity index (χ2v) is 4.96. The summed E-state index contributed by atoms with van der Waals surface area (Å²) in [6.45, 7) is 0.310. The minimum Gasteiger partial charge on any atom is -0.469 e. The van der Waals surface area contributed by atoms with E-state index in [1.165, 1.54) is 0 Å². The number of halogens is 3. The number of carbonyl (C=O) groups is 1. The molecular weight excluding hydrogens is 271 g/mol. The maximum atomic E-state index is 13.0. The van der Waals surface area contributed by atoms with Crippen LogP contribution in [0.2, 0.25) is 0 Å². The number of ether oxygens (including phenoxy) is 1. The number of carbonyl (C=O) groups excluding carboxylic acids is 1. The first-order valence-electron chi connectivity index (χ1n) is 6.32. The third-order valence-corrected chi connectivity index (χ3v) is 3.57. The summed E-state index contributed by atoms with van der Waals surface area (Å²) in [5.41, 5.74) is 0.930. The molecular formula is C14H16F3NO2. The molecule has 1 aliphatic heterocycles. The van der Waals surface area contributed by atoms with Crippen molar-refractivity contribution in [3.8, 4) is 0 Å². The lowest BCUT2D eigenvalue weighted by molar-refractivity contribution is -0.189. The van der Waals surface area contributed by atoms with Crippen molar-refractivity contribution in [1.82, 2.24) is 4.90 Å². The molecule has 2 atom stereocenters. The van der Waals surface area contributed by atoms with E-state index in [0.717, 1.165) is 12.7 Å². The van der Waals surface area contributed by atoms with Crippen molar-refractivity contribution in [1.29, 1.82) is 0 Å². The molecule has 0 aliphatic carbocycles. The van der Waals surface area contributed by atoms with Crippen molar-refractivity contribution in [3.63, 3.8) is 0 Å². The first-order chi connectivity index (χ1) is 9.41.